The number of nitrogens with one attached hydrogen (secondary N) is 2. The first kappa shape index (κ1) is 30.0. The lowest BCUT2D eigenvalue weighted by molar-refractivity contribution is -0.134. The van der Waals surface area contributed by atoms with Crippen LogP contribution >= 0.6 is 0 Å². The largest absolute Gasteiger partial charge is 0.497 e. The molecule has 1 aliphatic rings. The van der Waals surface area contributed by atoms with Crippen LogP contribution in [0.3, 0.4) is 0 Å². The Kier molecular flexibility index (Phi) is 10.8. The fraction of sp³-hybridized carbons (Fsp3) is 0.467. The van der Waals surface area contributed by atoms with E-state index in [9.17, 15) is 19.2 Å². The van der Waals surface area contributed by atoms with Crippen molar-refractivity contribution in [3.8, 4) is 5.75 Å². The topological polar surface area (TPSA) is 123 Å². The number of carbonyl (C=O) groups is 4. The van der Waals surface area contributed by atoms with E-state index in [4.69, 9.17) is 14.2 Å². The van der Waals surface area contributed by atoms with Gasteiger partial charge in [-0.05, 0) is 56.9 Å². The van der Waals surface area contributed by atoms with Gasteiger partial charge in [-0.3, -0.25) is 19.2 Å². The molecule has 2 aromatic rings. The second-order valence-corrected chi connectivity index (χ2v) is 9.98. The minimum Gasteiger partial charge on any atom is -0.497 e. The van der Waals surface area contributed by atoms with Gasteiger partial charge in [0.2, 0.25) is 11.8 Å². The third kappa shape index (κ3) is 9.01. The summed E-state index contributed by atoms with van der Waals surface area (Å²) in [5.41, 5.74) is 0.807. The number of rotatable bonds is 16. The summed E-state index contributed by atoms with van der Waals surface area (Å²) in [6, 6.07) is 15.1. The van der Waals surface area contributed by atoms with E-state index in [2.05, 4.69) is 10.6 Å². The summed E-state index contributed by atoms with van der Waals surface area (Å²) in [5.74, 6) is -1.41. The highest BCUT2D eigenvalue weighted by molar-refractivity contribution is 5.98. The summed E-state index contributed by atoms with van der Waals surface area (Å²) in [6.07, 6.45) is 0.451. The Bertz CT molecular complexity index is 1130. The molecule has 1 heterocycles. The van der Waals surface area contributed by atoms with Crippen LogP contribution in [0.15, 0.2) is 54.6 Å². The van der Waals surface area contributed by atoms with E-state index in [-0.39, 0.29) is 31.0 Å². The first-order valence-electron chi connectivity index (χ1n) is 13.2. The predicted molar refractivity (Wildman–Crippen MR) is 145 cm³/mol. The van der Waals surface area contributed by atoms with Crippen molar-refractivity contribution in [3.63, 3.8) is 0 Å². The number of hydrogen-bond acceptors (Lipinski definition) is 7. The average Bonchev–Trinajstić information content (AvgIpc) is 3.69. The number of Topliss-reactive ketones (excluding diaryl/α,β-unsaturated/α-hetero) is 2. The van der Waals surface area contributed by atoms with E-state index in [0.29, 0.717) is 25.4 Å². The van der Waals surface area contributed by atoms with Crippen molar-refractivity contribution in [2.75, 3.05) is 26.9 Å². The lowest BCUT2D eigenvalue weighted by atomic mass is 9.89. The summed E-state index contributed by atoms with van der Waals surface area (Å²) in [5, 5.41) is 5.54. The van der Waals surface area contributed by atoms with Gasteiger partial charge in [0.1, 0.15) is 18.0 Å². The monoisotopic (exact) mass is 538 g/mol. The van der Waals surface area contributed by atoms with Gasteiger partial charge in [-0.15, -0.1) is 0 Å². The molecule has 2 aromatic carbocycles. The second-order valence-electron chi connectivity index (χ2n) is 9.98. The molecule has 0 saturated carbocycles. The molecule has 0 radical (unpaired) electrons. The molecule has 9 nitrogen and oxygen atoms in total. The zero-order valence-electron chi connectivity index (χ0n) is 23.0. The van der Waals surface area contributed by atoms with E-state index in [1.165, 1.54) is 0 Å². The minimum atomic E-state index is -0.923. The fourth-order valence-electron chi connectivity index (χ4n) is 4.25. The van der Waals surface area contributed by atoms with Gasteiger partial charge in [0.05, 0.1) is 25.8 Å². The number of hydrogen-bond donors (Lipinski definition) is 2. The maximum Gasteiger partial charge on any atom is 0.246 e. The number of ketones is 2. The lowest BCUT2D eigenvalue weighted by Gasteiger charge is -2.24. The van der Waals surface area contributed by atoms with Gasteiger partial charge in [0.15, 0.2) is 11.6 Å². The molecule has 4 atom stereocenters. The van der Waals surface area contributed by atoms with Crippen LogP contribution in [0.5, 0.6) is 5.75 Å². The molecule has 39 heavy (non-hydrogen) atoms. The number of methoxy groups -OCH3 is 1. The Labute approximate surface area is 229 Å². The maximum atomic E-state index is 13.7. The van der Waals surface area contributed by atoms with Crippen molar-refractivity contribution in [2.45, 2.75) is 57.7 Å². The van der Waals surface area contributed by atoms with Gasteiger partial charge in [-0.1, -0.05) is 42.5 Å². The van der Waals surface area contributed by atoms with E-state index in [1.54, 1.807) is 40.0 Å². The summed E-state index contributed by atoms with van der Waals surface area (Å²) in [6.45, 7) is 5.61. The van der Waals surface area contributed by atoms with E-state index < -0.39 is 35.4 Å². The number of epoxide rings is 1. The van der Waals surface area contributed by atoms with Crippen molar-refractivity contribution in [1.29, 1.82) is 0 Å². The van der Waals surface area contributed by atoms with Gasteiger partial charge >= 0.3 is 0 Å². The third-order valence-corrected chi connectivity index (χ3v) is 6.77. The predicted octanol–water partition coefficient (Wildman–Crippen LogP) is 2.44. The molecule has 2 N–H and O–H groups in total. The van der Waals surface area contributed by atoms with Crippen LogP contribution in [0, 0.1) is 5.92 Å². The highest BCUT2D eigenvalue weighted by Crippen LogP contribution is 2.29. The normalized spacial score (nSPS) is 18.4. The Morgan fingerprint density at radius 2 is 1.62 bits per heavy atom. The Balaban J connectivity index is 1.78. The summed E-state index contributed by atoms with van der Waals surface area (Å²) >= 11 is 0. The Morgan fingerprint density at radius 3 is 2.21 bits per heavy atom. The highest BCUT2D eigenvalue weighted by Gasteiger charge is 2.50. The third-order valence-electron chi connectivity index (χ3n) is 6.77. The number of amides is 2. The fourth-order valence-corrected chi connectivity index (χ4v) is 4.25. The molecule has 1 saturated heterocycles. The molecule has 1 fully saturated rings. The van der Waals surface area contributed by atoms with Crippen molar-refractivity contribution in [2.24, 2.45) is 5.92 Å². The van der Waals surface area contributed by atoms with Gasteiger partial charge < -0.3 is 24.8 Å². The molecule has 4 unspecified atom stereocenters. The first-order valence-corrected chi connectivity index (χ1v) is 13.2. The molecular weight excluding hydrogens is 500 g/mol. The molecule has 2 amide bonds. The molecular formula is C30H38N2O7. The van der Waals surface area contributed by atoms with Crippen LogP contribution < -0.4 is 15.4 Å². The lowest BCUT2D eigenvalue weighted by Crippen LogP contribution is -2.50. The summed E-state index contributed by atoms with van der Waals surface area (Å²) < 4.78 is 15.7. The van der Waals surface area contributed by atoms with Crippen LogP contribution in [-0.4, -0.2) is 68.0 Å². The molecule has 3 rings (SSSR count). The van der Waals surface area contributed by atoms with Crippen molar-refractivity contribution in [1.82, 2.24) is 10.6 Å². The average molecular weight is 539 g/mol. The van der Waals surface area contributed by atoms with Crippen molar-refractivity contribution < 1.29 is 33.4 Å². The van der Waals surface area contributed by atoms with Crippen LogP contribution in [0.4, 0.5) is 0 Å². The number of carbonyl (C=O) groups excluding carboxylic acids is 4. The standard InChI is InChI=1S/C30H38N2O7/c1-5-38-18-27(34)31-20(2)26(33)17-23(15-22-11-13-24(37-4)14-12-22)29(36)32-25(28(35)30(3)19-39-30)16-21-9-7-6-8-10-21/h6-14,20,23,25H,5,15-19H2,1-4H3,(H,31,34)(H,32,36). The Hall–Kier alpha value is -3.56. The van der Waals surface area contributed by atoms with Crippen LogP contribution in [-0.2, 0) is 41.5 Å². The molecule has 0 aliphatic carbocycles. The van der Waals surface area contributed by atoms with Crippen molar-refractivity contribution in [3.05, 3.63) is 65.7 Å². The van der Waals surface area contributed by atoms with Crippen LogP contribution in [0.1, 0.15) is 38.3 Å². The quantitative estimate of drug-likeness (QED) is 0.315. The molecule has 0 bridgehead atoms. The minimum absolute atomic E-state index is 0.117. The SMILES string of the molecule is CCOCC(=O)NC(C)C(=O)CC(Cc1ccc(OC)cc1)C(=O)NC(Cc1ccccc1)C(=O)C1(C)CO1. The highest BCUT2D eigenvalue weighted by atomic mass is 16.6. The van der Waals surface area contributed by atoms with E-state index in [1.807, 2.05) is 42.5 Å². The first-order chi connectivity index (χ1) is 18.6. The van der Waals surface area contributed by atoms with Crippen LogP contribution in [0.25, 0.3) is 0 Å². The smallest absolute Gasteiger partial charge is 0.246 e. The zero-order chi connectivity index (χ0) is 28.4. The van der Waals surface area contributed by atoms with Gasteiger partial charge in [0.25, 0.3) is 0 Å². The van der Waals surface area contributed by atoms with Gasteiger partial charge in [0, 0.05) is 18.9 Å². The molecule has 0 aromatic heterocycles. The van der Waals surface area contributed by atoms with Gasteiger partial charge in [-0.2, -0.15) is 0 Å². The molecule has 1 aliphatic heterocycles. The molecule has 0 spiro atoms. The van der Waals surface area contributed by atoms with Gasteiger partial charge in [-0.25, -0.2) is 0 Å². The number of ether oxygens (including phenoxy) is 3. The van der Waals surface area contributed by atoms with Crippen molar-refractivity contribution >= 4 is 23.4 Å². The van der Waals surface area contributed by atoms with E-state index >= 15 is 0 Å². The molecule has 210 valence electrons. The Morgan fingerprint density at radius 1 is 0.974 bits per heavy atom. The number of benzene rings is 2. The summed E-state index contributed by atoms with van der Waals surface area (Å²) in [7, 11) is 1.57. The molecule has 9 heteroatoms. The maximum absolute atomic E-state index is 13.7. The summed E-state index contributed by atoms with van der Waals surface area (Å²) in [4.78, 5) is 52.1. The second kappa shape index (κ2) is 14.0. The van der Waals surface area contributed by atoms with Crippen LogP contribution in [0.2, 0.25) is 0 Å². The van der Waals surface area contributed by atoms with E-state index in [0.717, 1.165) is 11.1 Å². The zero-order valence-corrected chi connectivity index (χ0v) is 23.0.